The zero-order valence-electron chi connectivity index (χ0n) is 15.4. The van der Waals surface area contributed by atoms with Crippen molar-refractivity contribution in [2.75, 3.05) is 20.1 Å². The number of hydrogen-bond acceptors (Lipinski definition) is 4. The topological polar surface area (TPSA) is 95.5 Å². The van der Waals surface area contributed by atoms with Crippen molar-refractivity contribution in [3.63, 3.8) is 0 Å². The first-order valence-electron chi connectivity index (χ1n) is 8.59. The van der Waals surface area contributed by atoms with Gasteiger partial charge in [0.15, 0.2) is 5.96 Å². The third kappa shape index (κ3) is 6.82. The van der Waals surface area contributed by atoms with Crippen molar-refractivity contribution < 1.29 is 8.42 Å². The van der Waals surface area contributed by atoms with Crippen molar-refractivity contribution in [3.05, 3.63) is 58.9 Å². The lowest BCUT2D eigenvalue weighted by Crippen LogP contribution is -2.38. The van der Waals surface area contributed by atoms with E-state index in [-0.39, 0.29) is 4.90 Å². The van der Waals surface area contributed by atoms with Crippen molar-refractivity contribution in [3.8, 4) is 0 Å². The van der Waals surface area contributed by atoms with Crippen LogP contribution >= 0.6 is 11.6 Å². The van der Waals surface area contributed by atoms with E-state index in [1.54, 1.807) is 36.5 Å². The van der Waals surface area contributed by atoms with Gasteiger partial charge in [-0.15, -0.1) is 0 Å². The molecule has 0 atom stereocenters. The van der Waals surface area contributed by atoms with E-state index >= 15 is 0 Å². The highest BCUT2D eigenvalue weighted by molar-refractivity contribution is 7.89. The van der Waals surface area contributed by atoms with Crippen molar-refractivity contribution in [2.45, 2.75) is 24.8 Å². The molecule has 0 bridgehead atoms. The van der Waals surface area contributed by atoms with Gasteiger partial charge in [0, 0.05) is 19.3 Å². The van der Waals surface area contributed by atoms with E-state index in [9.17, 15) is 8.42 Å². The number of nitrogens with one attached hydrogen (secondary N) is 3. The number of benzene rings is 1. The van der Waals surface area contributed by atoms with Crippen molar-refractivity contribution in [1.82, 2.24) is 20.3 Å². The average molecular weight is 410 g/mol. The molecule has 0 radical (unpaired) electrons. The van der Waals surface area contributed by atoms with E-state index in [4.69, 9.17) is 11.6 Å². The number of guanidine groups is 1. The number of rotatable bonds is 8. The molecular weight excluding hydrogens is 386 g/mol. The fraction of sp³-hybridized carbons (Fsp3) is 0.333. The monoisotopic (exact) mass is 409 g/mol. The lowest BCUT2D eigenvalue weighted by Gasteiger charge is -2.11. The van der Waals surface area contributed by atoms with E-state index in [0.29, 0.717) is 24.2 Å². The van der Waals surface area contributed by atoms with Crippen LogP contribution in [-0.4, -0.2) is 39.5 Å². The number of sulfonamides is 1. The molecule has 0 aliphatic rings. The SMILES string of the molecule is CCNC(=NCc1ccc(S(=O)(=O)NC)cc1)NCCc1ccc(Cl)nc1. The molecule has 0 spiro atoms. The molecule has 0 aliphatic carbocycles. The molecule has 0 unspecified atom stereocenters. The van der Waals surface area contributed by atoms with Crippen LogP contribution in [0.5, 0.6) is 0 Å². The molecule has 0 amide bonds. The fourth-order valence-electron chi connectivity index (χ4n) is 2.28. The van der Waals surface area contributed by atoms with Gasteiger partial charge in [-0.3, -0.25) is 0 Å². The maximum Gasteiger partial charge on any atom is 0.240 e. The Hall–Kier alpha value is -2.16. The van der Waals surface area contributed by atoms with Crippen LogP contribution in [0.25, 0.3) is 0 Å². The molecule has 1 aromatic heterocycles. The molecule has 3 N–H and O–H groups in total. The Morgan fingerprint density at radius 1 is 1.11 bits per heavy atom. The predicted molar refractivity (Wildman–Crippen MR) is 108 cm³/mol. The summed E-state index contributed by atoms with van der Waals surface area (Å²) in [6.07, 6.45) is 2.56. The molecule has 9 heteroatoms. The minimum atomic E-state index is -3.42. The quantitative estimate of drug-likeness (QED) is 0.352. The van der Waals surface area contributed by atoms with Gasteiger partial charge in [-0.1, -0.05) is 29.8 Å². The zero-order valence-corrected chi connectivity index (χ0v) is 16.9. The lowest BCUT2D eigenvalue weighted by molar-refractivity contribution is 0.588. The maximum absolute atomic E-state index is 11.7. The summed E-state index contributed by atoms with van der Waals surface area (Å²) >= 11 is 5.79. The van der Waals surface area contributed by atoms with Crippen LogP contribution in [0.1, 0.15) is 18.1 Å². The van der Waals surface area contributed by atoms with Gasteiger partial charge in [0.1, 0.15) is 5.15 Å². The summed E-state index contributed by atoms with van der Waals surface area (Å²) in [5.74, 6) is 0.700. The molecule has 1 heterocycles. The highest BCUT2D eigenvalue weighted by Crippen LogP contribution is 2.11. The molecule has 2 rings (SSSR count). The number of pyridine rings is 1. The third-order valence-electron chi connectivity index (χ3n) is 3.76. The summed E-state index contributed by atoms with van der Waals surface area (Å²) in [4.78, 5) is 8.83. The fourth-order valence-corrected chi connectivity index (χ4v) is 3.13. The largest absolute Gasteiger partial charge is 0.357 e. The minimum absolute atomic E-state index is 0.235. The average Bonchev–Trinajstić information content (AvgIpc) is 2.68. The second kappa shape index (κ2) is 10.2. The van der Waals surface area contributed by atoms with Gasteiger partial charge in [0.2, 0.25) is 10.0 Å². The highest BCUT2D eigenvalue weighted by Gasteiger charge is 2.10. The van der Waals surface area contributed by atoms with Crippen LogP contribution in [0.4, 0.5) is 0 Å². The first kappa shape index (κ1) is 21.1. The van der Waals surface area contributed by atoms with Crippen molar-refractivity contribution >= 4 is 27.6 Å². The first-order valence-corrected chi connectivity index (χ1v) is 10.5. The number of nitrogens with zero attached hydrogens (tertiary/aromatic N) is 2. The van der Waals surface area contributed by atoms with E-state index in [0.717, 1.165) is 24.1 Å². The molecule has 0 fully saturated rings. The first-order chi connectivity index (χ1) is 12.9. The molecule has 7 nitrogen and oxygen atoms in total. The third-order valence-corrected chi connectivity index (χ3v) is 5.41. The Morgan fingerprint density at radius 2 is 1.81 bits per heavy atom. The van der Waals surface area contributed by atoms with Crippen LogP contribution in [0.2, 0.25) is 5.15 Å². The molecule has 27 heavy (non-hydrogen) atoms. The Kier molecular flexibility index (Phi) is 8.02. The van der Waals surface area contributed by atoms with Gasteiger partial charge >= 0.3 is 0 Å². The molecule has 0 aliphatic heterocycles. The molecule has 0 saturated heterocycles. The van der Waals surface area contributed by atoms with E-state index < -0.39 is 10.0 Å². The maximum atomic E-state index is 11.7. The Balaban J connectivity index is 1.93. The molecular formula is C18H24ClN5O2S. The second-order valence-electron chi connectivity index (χ2n) is 5.71. The standard InChI is InChI=1S/C18H24ClN5O2S/c1-3-21-18(22-11-10-15-6-9-17(19)23-12-15)24-13-14-4-7-16(8-5-14)27(25,26)20-2/h4-9,12,20H,3,10-11,13H2,1-2H3,(H2,21,22,24). The zero-order chi connectivity index (χ0) is 19.7. The number of aliphatic imine (C=N–C) groups is 1. The van der Waals surface area contributed by atoms with Gasteiger partial charge in [-0.2, -0.15) is 0 Å². The molecule has 2 aromatic rings. The van der Waals surface area contributed by atoms with Crippen LogP contribution in [0.15, 0.2) is 52.5 Å². The van der Waals surface area contributed by atoms with E-state index in [1.165, 1.54) is 7.05 Å². The molecule has 1 aromatic carbocycles. The Bertz CT molecular complexity index is 852. The van der Waals surface area contributed by atoms with E-state index in [1.807, 2.05) is 13.0 Å². The van der Waals surface area contributed by atoms with Gasteiger partial charge in [-0.25, -0.2) is 23.1 Å². The summed E-state index contributed by atoms with van der Waals surface area (Å²) in [7, 11) is -2.03. The van der Waals surface area contributed by atoms with Crippen LogP contribution in [0.3, 0.4) is 0 Å². The summed E-state index contributed by atoms with van der Waals surface area (Å²) in [5.41, 5.74) is 2.01. The Morgan fingerprint density at radius 3 is 2.41 bits per heavy atom. The van der Waals surface area contributed by atoms with Gasteiger partial charge in [0.05, 0.1) is 11.4 Å². The normalized spacial score (nSPS) is 12.0. The summed E-state index contributed by atoms with van der Waals surface area (Å²) in [6.45, 7) is 3.89. The summed E-state index contributed by atoms with van der Waals surface area (Å²) in [5, 5.41) is 6.94. The lowest BCUT2D eigenvalue weighted by atomic mass is 10.2. The second-order valence-corrected chi connectivity index (χ2v) is 7.99. The van der Waals surface area contributed by atoms with Gasteiger partial charge in [-0.05, 0) is 49.7 Å². The minimum Gasteiger partial charge on any atom is -0.357 e. The Labute approximate surface area is 165 Å². The van der Waals surface area contributed by atoms with Crippen molar-refractivity contribution in [2.24, 2.45) is 4.99 Å². The summed E-state index contributed by atoms with van der Waals surface area (Å²) in [6, 6.07) is 10.4. The van der Waals surface area contributed by atoms with Crippen LogP contribution in [-0.2, 0) is 23.0 Å². The molecule has 146 valence electrons. The smallest absolute Gasteiger partial charge is 0.240 e. The van der Waals surface area contributed by atoms with Gasteiger partial charge < -0.3 is 10.6 Å². The number of halogens is 1. The summed E-state index contributed by atoms with van der Waals surface area (Å²) < 4.78 is 25.8. The van der Waals surface area contributed by atoms with Crippen molar-refractivity contribution in [1.29, 1.82) is 0 Å². The number of aromatic nitrogens is 1. The van der Waals surface area contributed by atoms with E-state index in [2.05, 4.69) is 25.3 Å². The van der Waals surface area contributed by atoms with Gasteiger partial charge in [0.25, 0.3) is 0 Å². The van der Waals surface area contributed by atoms with Crippen LogP contribution < -0.4 is 15.4 Å². The van der Waals surface area contributed by atoms with Crippen LogP contribution in [0, 0.1) is 0 Å². The molecule has 0 saturated carbocycles. The highest BCUT2D eigenvalue weighted by atomic mass is 35.5. The predicted octanol–water partition coefficient (Wildman–Crippen LogP) is 1.94. The number of hydrogen-bond donors (Lipinski definition) is 3.